The lowest BCUT2D eigenvalue weighted by Gasteiger charge is -2.08. The number of nitrogens with two attached hydrogens (primary N) is 1. The number of hydrogen-bond donors (Lipinski definition) is 2. The van der Waals surface area contributed by atoms with Crippen LogP contribution in [0.5, 0.6) is 0 Å². The van der Waals surface area contributed by atoms with Gasteiger partial charge in [0.05, 0.1) is 21.2 Å². The molecule has 1 heterocycles. The molecule has 0 saturated carbocycles. The van der Waals surface area contributed by atoms with Crippen molar-refractivity contribution in [1.82, 2.24) is 4.98 Å². The first-order chi connectivity index (χ1) is 9.38. The van der Waals surface area contributed by atoms with Gasteiger partial charge in [-0.1, -0.05) is 11.6 Å². The van der Waals surface area contributed by atoms with Crippen molar-refractivity contribution in [2.24, 2.45) is 5.14 Å². The normalized spacial score (nSPS) is 11.1. The molecule has 2 rings (SSSR count). The lowest BCUT2D eigenvalue weighted by atomic mass is 10.2. The molecule has 0 bridgehead atoms. The van der Waals surface area contributed by atoms with Crippen molar-refractivity contribution >= 4 is 33.2 Å². The minimum atomic E-state index is -3.83. The Balaban J connectivity index is 2.25. The summed E-state index contributed by atoms with van der Waals surface area (Å²) >= 11 is 5.92. The molecule has 3 N–H and O–H groups in total. The summed E-state index contributed by atoms with van der Waals surface area (Å²) < 4.78 is 22.3. The summed E-state index contributed by atoms with van der Waals surface area (Å²) in [6.07, 6.45) is 2.95. The van der Waals surface area contributed by atoms with E-state index < -0.39 is 15.9 Å². The first-order valence-electron chi connectivity index (χ1n) is 5.41. The van der Waals surface area contributed by atoms with Gasteiger partial charge in [0, 0.05) is 12.4 Å². The standard InChI is InChI=1S/C12H10ClN3O3S/c13-10-6-9(20(14,18)19)3-4-11(10)16-12(17)8-2-1-5-15-7-8/h1-7H,(H,16,17)(H2,14,18,19). The van der Waals surface area contributed by atoms with Crippen LogP contribution < -0.4 is 10.5 Å². The van der Waals surface area contributed by atoms with Crippen molar-refractivity contribution in [2.45, 2.75) is 4.90 Å². The van der Waals surface area contributed by atoms with Gasteiger partial charge in [-0.2, -0.15) is 0 Å². The Morgan fingerprint density at radius 2 is 2.05 bits per heavy atom. The first kappa shape index (κ1) is 14.4. The maximum atomic E-state index is 11.9. The number of carbonyl (C=O) groups excluding carboxylic acids is 1. The molecule has 104 valence electrons. The molecule has 1 aromatic heterocycles. The number of carbonyl (C=O) groups is 1. The van der Waals surface area contributed by atoms with Gasteiger partial charge in [0.15, 0.2) is 0 Å². The van der Waals surface area contributed by atoms with E-state index in [1.54, 1.807) is 18.3 Å². The molecule has 0 radical (unpaired) electrons. The van der Waals surface area contributed by atoms with Crippen molar-refractivity contribution in [3.05, 3.63) is 53.3 Å². The third-order valence-electron chi connectivity index (χ3n) is 2.44. The number of rotatable bonds is 3. The van der Waals surface area contributed by atoms with E-state index in [0.29, 0.717) is 5.56 Å². The Bertz CT molecular complexity index is 748. The quantitative estimate of drug-likeness (QED) is 0.899. The fourth-order valence-electron chi connectivity index (χ4n) is 1.47. The van der Waals surface area contributed by atoms with Crippen molar-refractivity contribution in [1.29, 1.82) is 0 Å². The molecule has 0 saturated heterocycles. The van der Waals surface area contributed by atoms with Crippen molar-refractivity contribution < 1.29 is 13.2 Å². The Kier molecular flexibility index (Phi) is 4.03. The highest BCUT2D eigenvalue weighted by molar-refractivity contribution is 7.89. The molecule has 8 heteroatoms. The van der Waals surface area contributed by atoms with Crippen LogP contribution in [0.3, 0.4) is 0 Å². The van der Waals surface area contributed by atoms with E-state index in [2.05, 4.69) is 10.3 Å². The minimum absolute atomic E-state index is 0.0776. The van der Waals surface area contributed by atoms with Crippen molar-refractivity contribution in [2.75, 3.05) is 5.32 Å². The highest BCUT2D eigenvalue weighted by atomic mass is 35.5. The van der Waals surface area contributed by atoms with Gasteiger partial charge < -0.3 is 5.32 Å². The number of halogens is 1. The number of nitrogens with one attached hydrogen (secondary N) is 1. The Hall–Kier alpha value is -1.96. The Morgan fingerprint density at radius 1 is 1.30 bits per heavy atom. The molecule has 6 nitrogen and oxygen atoms in total. The second-order valence-electron chi connectivity index (χ2n) is 3.88. The molecule has 1 amide bonds. The highest BCUT2D eigenvalue weighted by Gasteiger charge is 2.13. The average molecular weight is 312 g/mol. The molecule has 0 atom stereocenters. The van der Waals surface area contributed by atoms with Gasteiger partial charge in [-0.3, -0.25) is 9.78 Å². The van der Waals surface area contributed by atoms with Crippen LogP contribution in [0.1, 0.15) is 10.4 Å². The summed E-state index contributed by atoms with van der Waals surface area (Å²) in [6.45, 7) is 0. The van der Waals surface area contributed by atoms with Crippen LogP contribution in [0.2, 0.25) is 5.02 Å². The number of hydrogen-bond acceptors (Lipinski definition) is 4. The molecule has 20 heavy (non-hydrogen) atoms. The number of primary sulfonamides is 1. The summed E-state index contributed by atoms with van der Waals surface area (Å²) in [5.74, 6) is -0.400. The fourth-order valence-corrected chi connectivity index (χ4v) is 2.30. The number of benzene rings is 1. The zero-order valence-corrected chi connectivity index (χ0v) is 11.6. The molecule has 0 aliphatic carbocycles. The maximum Gasteiger partial charge on any atom is 0.257 e. The molecular weight excluding hydrogens is 302 g/mol. The second-order valence-corrected chi connectivity index (χ2v) is 5.85. The van der Waals surface area contributed by atoms with E-state index in [4.69, 9.17) is 16.7 Å². The molecular formula is C12H10ClN3O3S. The third-order valence-corrected chi connectivity index (χ3v) is 3.66. The van der Waals surface area contributed by atoms with Crippen molar-refractivity contribution in [3.8, 4) is 0 Å². The molecule has 0 fully saturated rings. The number of nitrogens with zero attached hydrogens (tertiary/aromatic N) is 1. The van der Waals surface area contributed by atoms with Crippen LogP contribution in [-0.2, 0) is 10.0 Å². The van der Waals surface area contributed by atoms with Gasteiger partial charge in [0.2, 0.25) is 10.0 Å². The van der Waals surface area contributed by atoms with Gasteiger partial charge >= 0.3 is 0 Å². The number of aromatic nitrogens is 1. The summed E-state index contributed by atoms with van der Waals surface area (Å²) in [5, 5.41) is 7.62. The van der Waals surface area contributed by atoms with Crippen LogP contribution in [0.25, 0.3) is 0 Å². The van der Waals surface area contributed by atoms with Crippen LogP contribution in [0.15, 0.2) is 47.6 Å². The predicted molar refractivity (Wildman–Crippen MR) is 75.0 cm³/mol. The van der Waals surface area contributed by atoms with E-state index in [0.717, 1.165) is 0 Å². The Labute approximate surface area is 120 Å². The number of sulfonamides is 1. The molecule has 0 unspecified atom stereocenters. The monoisotopic (exact) mass is 311 g/mol. The summed E-state index contributed by atoms with van der Waals surface area (Å²) in [7, 11) is -3.83. The lowest BCUT2D eigenvalue weighted by Crippen LogP contribution is -2.14. The molecule has 0 aliphatic rings. The van der Waals surface area contributed by atoms with Crippen LogP contribution in [0, 0.1) is 0 Å². The van der Waals surface area contributed by atoms with E-state index in [9.17, 15) is 13.2 Å². The smallest absolute Gasteiger partial charge is 0.257 e. The number of pyridine rings is 1. The largest absolute Gasteiger partial charge is 0.321 e. The topological polar surface area (TPSA) is 102 Å². The third kappa shape index (κ3) is 3.32. The lowest BCUT2D eigenvalue weighted by molar-refractivity contribution is 0.102. The van der Waals surface area contributed by atoms with Gasteiger partial charge in [0.25, 0.3) is 5.91 Å². The fraction of sp³-hybridized carbons (Fsp3) is 0. The van der Waals surface area contributed by atoms with E-state index >= 15 is 0 Å². The zero-order valence-electron chi connectivity index (χ0n) is 10.1. The van der Waals surface area contributed by atoms with Gasteiger partial charge in [-0.15, -0.1) is 0 Å². The predicted octanol–water partition coefficient (Wildman–Crippen LogP) is 1.63. The van der Waals surface area contributed by atoms with Crippen LogP contribution >= 0.6 is 11.6 Å². The number of anilines is 1. The molecule has 2 aromatic rings. The summed E-state index contributed by atoms with van der Waals surface area (Å²) in [5.41, 5.74) is 0.645. The van der Waals surface area contributed by atoms with Gasteiger partial charge in [-0.25, -0.2) is 13.6 Å². The number of amides is 1. The van der Waals surface area contributed by atoms with Crippen LogP contribution in [0.4, 0.5) is 5.69 Å². The van der Waals surface area contributed by atoms with Gasteiger partial charge in [0.1, 0.15) is 0 Å². The zero-order chi connectivity index (χ0) is 14.8. The molecule has 0 spiro atoms. The first-order valence-corrected chi connectivity index (χ1v) is 7.34. The van der Waals surface area contributed by atoms with E-state index in [-0.39, 0.29) is 15.6 Å². The Morgan fingerprint density at radius 3 is 2.60 bits per heavy atom. The van der Waals surface area contributed by atoms with E-state index in [1.807, 2.05) is 0 Å². The summed E-state index contributed by atoms with van der Waals surface area (Å²) in [6, 6.07) is 7.03. The van der Waals surface area contributed by atoms with Gasteiger partial charge in [-0.05, 0) is 30.3 Å². The summed E-state index contributed by atoms with van der Waals surface area (Å²) in [4.78, 5) is 15.6. The van der Waals surface area contributed by atoms with E-state index in [1.165, 1.54) is 24.4 Å². The van der Waals surface area contributed by atoms with Crippen LogP contribution in [-0.4, -0.2) is 19.3 Å². The highest BCUT2D eigenvalue weighted by Crippen LogP contribution is 2.25. The SMILES string of the molecule is NS(=O)(=O)c1ccc(NC(=O)c2cccnc2)c(Cl)c1. The molecule has 0 aliphatic heterocycles. The average Bonchev–Trinajstić information content (AvgIpc) is 2.41. The second kappa shape index (κ2) is 5.58. The maximum absolute atomic E-state index is 11.9. The van der Waals surface area contributed by atoms with Crippen molar-refractivity contribution in [3.63, 3.8) is 0 Å². The minimum Gasteiger partial charge on any atom is -0.321 e. The molecule has 1 aromatic carbocycles.